The highest BCUT2D eigenvalue weighted by Crippen LogP contribution is 2.00. The van der Waals surface area contributed by atoms with Gasteiger partial charge >= 0.3 is 0 Å². The van der Waals surface area contributed by atoms with Crippen molar-refractivity contribution in [2.24, 2.45) is 4.99 Å². The molecule has 0 aliphatic carbocycles. The highest BCUT2D eigenvalue weighted by atomic mass is 15.2. The molecule has 0 radical (unpaired) electrons. The first kappa shape index (κ1) is 5.51. The van der Waals surface area contributed by atoms with E-state index in [1.807, 2.05) is 26.4 Å². The molecular formula is C6H10N2. The molecule has 2 nitrogen and oxygen atoms in total. The average molecular weight is 110 g/mol. The van der Waals surface area contributed by atoms with Crippen LogP contribution < -0.4 is 0 Å². The average Bonchev–Trinajstić information content (AvgIpc) is 2.12. The van der Waals surface area contributed by atoms with Crippen molar-refractivity contribution in [2.45, 2.75) is 6.17 Å². The summed E-state index contributed by atoms with van der Waals surface area (Å²) in [6.07, 6.45) is 6.13. The van der Waals surface area contributed by atoms with Gasteiger partial charge in [0.25, 0.3) is 0 Å². The molecule has 0 aromatic carbocycles. The third-order valence-corrected chi connectivity index (χ3v) is 1.14. The predicted molar refractivity (Wildman–Crippen MR) is 35.1 cm³/mol. The van der Waals surface area contributed by atoms with Crippen LogP contribution in [0.1, 0.15) is 0 Å². The van der Waals surface area contributed by atoms with Gasteiger partial charge in [-0.05, 0) is 26.2 Å². The second kappa shape index (κ2) is 2.09. The number of allylic oxidation sites excluding steroid dienone is 1. The second-order valence-electron chi connectivity index (χ2n) is 2.06. The number of hydrogen-bond acceptors (Lipinski definition) is 2. The summed E-state index contributed by atoms with van der Waals surface area (Å²) in [4.78, 5) is 6.18. The summed E-state index contributed by atoms with van der Waals surface area (Å²) in [7, 11) is 4.02. The summed E-state index contributed by atoms with van der Waals surface area (Å²) in [6, 6.07) is 0. The van der Waals surface area contributed by atoms with Crippen molar-refractivity contribution in [3.63, 3.8) is 0 Å². The van der Waals surface area contributed by atoms with Gasteiger partial charge in [-0.3, -0.25) is 9.89 Å². The summed E-state index contributed by atoms with van der Waals surface area (Å²) in [6.45, 7) is 0. The van der Waals surface area contributed by atoms with Crippen molar-refractivity contribution in [1.29, 1.82) is 0 Å². The van der Waals surface area contributed by atoms with Crippen LogP contribution in [-0.4, -0.2) is 31.4 Å². The molecule has 8 heavy (non-hydrogen) atoms. The summed E-state index contributed by atoms with van der Waals surface area (Å²) >= 11 is 0. The lowest BCUT2D eigenvalue weighted by Crippen LogP contribution is -2.21. The molecule has 1 unspecified atom stereocenters. The van der Waals surface area contributed by atoms with Gasteiger partial charge in [0.05, 0.1) is 0 Å². The van der Waals surface area contributed by atoms with Gasteiger partial charge in [0.15, 0.2) is 0 Å². The number of likely N-dealkylation sites (N-methyl/N-ethyl adjacent to an activating group) is 1. The number of rotatable bonds is 1. The van der Waals surface area contributed by atoms with E-state index in [2.05, 4.69) is 16.0 Å². The largest absolute Gasteiger partial charge is 0.285 e. The number of nitrogens with zero attached hydrogens (tertiary/aromatic N) is 2. The Kier molecular flexibility index (Phi) is 1.44. The highest BCUT2D eigenvalue weighted by molar-refractivity contribution is 5.73. The van der Waals surface area contributed by atoms with Crippen molar-refractivity contribution in [3.8, 4) is 0 Å². The zero-order valence-corrected chi connectivity index (χ0v) is 5.20. The molecule has 1 heterocycles. The lowest BCUT2D eigenvalue weighted by molar-refractivity contribution is 0.357. The quantitative estimate of drug-likeness (QED) is 0.480. The van der Waals surface area contributed by atoms with Crippen LogP contribution in [0.5, 0.6) is 0 Å². The Morgan fingerprint density at radius 1 is 1.50 bits per heavy atom. The smallest absolute Gasteiger partial charge is 0.120 e. The van der Waals surface area contributed by atoms with E-state index in [0.29, 0.717) is 0 Å². The molecule has 0 amide bonds. The minimum atomic E-state index is 0.287. The Hall–Kier alpha value is -0.630. The molecular weight excluding hydrogens is 100 g/mol. The van der Waals surface area contributed by atoms with Crippen LogP contribution in [0.4, 0.5) is 0 Å². The molecule has 1 atom stereocenters. The van der Waals surface area contributed by atoms with E-state index in [-0.39, 0.29) is 6.17 Å². The van der Waals surface area contributed by atoms with Crippen LogP contribution in [0.3, 0.4) is 0 Å². The molecule has 0 N–H and O–H groups in total. The van der Waals surface area contributed by atoms with Crippen molar-refractivity contribution < 1.29 is 0 Å². The van der Waals surface area contributed by atoms with Gasteiger partial charge < -0.3 is 0 Å². The van der Waals surface area contributed by atoms with E-state index in [1.165, 1.54) is 0 Å². The Bertz CT molecular complexity index is 112. The monoisotopic (exact) mass is 110 g/mol. The van der Waals surface area contributed by atoms with Gasteiger partial charge in [0, 0.05) is 6.21 Å². The van der Waals surface area contributed by atoms with Crippen LogP contribution in [0, 0.1) is 0 Å². The van der Waals surface area contributed by atoms with E-state index in [9.17, 15) is 0 Å². The maximum Gasteiger partial charge on any atom is 0.120 e. The summed E-state index contributed by atoms with van der Waals surface area (Å²) in [5.74, 6) is 0. The Morgan fingerprint density at radius 3 is 2.50 bits per heavy atom. The zero-order chi connectivity index (χ0) is 5.98. The molecule has 1 rings (SSSR count). The summed E-state index contributed by atoms with van der Waals surface area (Å²) < 4.78 is 0. The fourth-order valence-corrected chi connectivity index (χ4v) is 0.642. The van der Waals surface area contributed by atoms with Crippen LogP contribution >= 0.6 is 0 Å². The SMILES string of the molecule is CN(C)C1C=CC=N1. The lowest BCUT2D eigenvalue weighted by atomic mass is 10.4. The molecule has 0 aromatic rings. The molecule has 0 aromatic heterocycles. The van der Waals surface area contributed by atoms with Gasteiger partial charge in [-0.1, -0.05) is 0 Å². The zero-order valence-electron chi connectivity index (χ0n) is 5.20. The number of aliphatic imine (C=N–C) groups is 1. The Morgan fingerprint density at radius 2 is 2.25 bits per heavy atom. The second-order valence-corrected chi connectivity index (χ2v) is 2.06. The van der Waals surface area contributed by atoms with Crippen molar-refractivity contribution >= 4 is 6.21 Å². The molecule has 0 saturated heterocycles. The maximum absolute atomic E-state index is 4.12. The van der Waals surface area contributed by atoms with Gasteiger partial charge in [0.1, 0.15) is 6.17 Å². The molecule has 0 spiro atoms. The van der Waals surface area contributed by atoms with E-state index in [1.54, 1.807) is 0 Å². The van der Waals surface area contributed by atoms with Gasteiger partial charge in [-0.25, -0.2) is 0 Å². The first-order chi connectivity index (χ1) is 3.80. The van der Waals surface area contributed by atoms with E-state index < -0.39 is 0 Å². The molecule has 44 valence electrons. The fraction of sp³-hybridized carbons (Fsp3) is 0.500. The van der Waals surface area contributed by atoms with Crippen LogP contribution in [-0.2, 0) is 0 Å². The van der Waals surface area contributed by atoms with Crippen LogP contribution in [0.25, 0.3) is 0 Å². The van der Waals surface area contributed by atoms with Crippen molar-refractivity contribution in [3.05, 3.63) is 12.2 Å². The maximum atomic E-state index is 4.12. The molecule has 1 aliphatic rings. The standard InChI is InChI=1S/C6H10N2/c1-8(2)6-4-3-5-7-6/h3-6H,1-2H3. The summed E-state index contributed by atoms with van der Waals surface area (Å²) in [5.41, 5.74) is 0. The molecule has 0 saturated carbocycles. The number of hydrogen-bond donors (Lipinski definition) is 0. The Balaban J connectivity index is 2.49. The molecule has 1 aliphatic heterocycles. The topological polar surface area (TPSA) is 15.6 Å². The summed E-state index contributed by atoms with van der Waals surface area (Å²) in [5, 5.41) is 0. The van der Waals surface area contributed by atoms with Gasteiger partial charge in [-0.15, -0.1) is 0 Å². The van der Waals surface area contributed by atoms with Crippen molar-refractivity contribution in [2.75, 3.05) is 14.1 Å². The first-order valence-corrected chi connectivity index (χ1v) is 2.67. The lowest BCUT2D eigenvalue weighted by Gasteiger charge is -2.12. The van der Waals surface area contributed by atoms with Gasteiger partial charge in [-0.2, -0.15) is 0 Å². The third kappa shape index (κ3) is 0.954. The fourth-order valence-electron chi connectivity index (χ4n) is 0.642. The van der Waals surface area contributed by atoms with Crippen LogP contribution in [0.15, 0.2) is 17.1 Å². The van der Waals surface area contributed by atoms with E-state index in [4.69, 9.17) is 0 Å². The third-order valence-electron chi connectivity index (χ3n) is 1.14. The molecule has 2 heteroatoms. The van der Waals surface area contributed by atoms with E-state index in [0.717, 1.165) is 0 Å². The van der Waals surface area contributed by atoms with Crippen molar-refractivity contribution in [1.82, 2.24) is 4.90 Å². The van der Waals surface area contributed by atoms with Crippen LogP contribution in [0.2, 0.25) is 0 Å². The molecule has 0 fully saturated rings. The first-order valence-electron chi connectivity index (χ1n) is 2.67. The predicted octanol–water partition coefficient (Wildman–Crippen LogP) is 0.515. The molecule has 0 bridgehead atoms. The normalized spacial score (nSPS) is 25.6. The van der Waals surface area contributed by atoms with E-state index >= 15 is 0 Å². The van der Waals surface area contributed by atoms with Gasteiger partial charge in [0.2, 0.25) is 0 Å². The minimum Gasteiger partial charge on any atom is -0.285 e. The minimum absolute atomic E-state index is 0.287. The Labute approximate surface area is 49.5 Å². The highest BCUT2D eigenvalue weighted by Gasteiger charge is 2.04.